The Bertz CT molecular complexity index is 622. The zero-order valence-electron chi connectivity index (χ0n) is 10.6. The number of rotatable bonds is 6. The number of carbonyl (C=O) groups is 2. The zero-order chi connectivity index (χ0) is 14.5. The minimum absolute atomic E-state index is 0.0410. The van der Waals surface area contributed by atoms with Crippen LogP contribution >= 0.6 is 0 Å². The summed E-state index contributed by atoms with van der Waals surface area (Å²) in [5.74, 6) is -1.66. The summed E-state index contributed by atoms with van der Waals surface area (Å²) < 4.78 is 5.06. The fraction of sp³-hybridized carbons (Fsp3) is 0.308. The number of carbonyl (C=O) groups excluding carboxylic acids is 1. The van der Waals surface area contributed by atoms with E-state index in [9.17, 15) is 9.59 Å². The Morgan fingerprint density at radius 3 is 2.80 bits per heavy atom. The normalized spacial score (nSPS) is 12.2. The number of aliphatic hydroxyl groups is 1. The number of aliphatic carboxylic acids is 1. The molecule has 20 heavy (non-hydrogen) atoms. The van der Waals surface area contributed by atoms with Gasteiger partial charge in [0, 0.05) is 18.4 Å². The molecule has 0 spiro atoms. The lowest BCUT2D eigenvalue weighted by Gasteiger charge is -2.12. The Hall–Kier alpha value is -2.41. The lowest BCUT2D eigenvalue weighted by Crippen LogP contribution is -2.42. The predicted octanol–water partition coefficient (Wildman–Crippen LogP) is 0.322. The zero-order valence-corrected chi connectivity index (χ0v) is 10.6. The van der Waals surface area contributed by atoms with Crippen LogP contribution in [0.5, 0.6) is 0 Å². The molecule has 2 aromatic rings. The van der Waals surface area contributed by atoms with Crippen molar-refractivity contribution in [2.24, 2.45) is 0 Å². The molecule has 1 atom stereocenters. The number of hydrogen-bond acceptors (Lipinski definition) is 5. The first-order valence-electron chi connectivity index (χ1n) is 6.08. The topological polar surface area (TPSA) is 113 Å². The standard InChI is InChI=1S/C13H14N2O5/c16-6-5-9(13(18)19)14-12(17)7-10-8-3-1-2-4-11(8)20-15-10/h1-4,9,16H,5-7H2,(H,14,17)(H,18,19)/t9-/m0/s1. The number of aromatic nitrogens is 1. The second-order valence-corrected chi connectivity index (χ2v) is 4.27. The van der Waals surface area contributed by atoms with Gasteiger partial charge in [0.15, 0.2) is 5.58 Å². The molecule has 0 aliphatic heterocycles. The van der Waals surface area contributed by atoms with Crippen LogP contribution in [0.25, 0.3) is 11.0 Å². The molecule has 3 N–H and O–H groups in total. The summed E-state index contributed by atoms with van der Waals surface area (Å²) in [6.07, 6.45) is -0.118. The number of para-hydroxylation sites is 1. The largest absolute Gasteiger partial charge is 0.480 e. The summed E-state index contributed by atoms with van der Waals surface area (Å²) in [4.78, 5) is 22.7. The molecule has 106 valence electrons. The van der Waals surface area contributed by atoms with Crippen molar-refractivity contribution in [3.05, 3.63) is 30.0 Å². The minimum Gasteiger partial charge on any atom is -0.480 e. The second-order valence-electron chi connectivity index (χ2n) is 4.27. The third kappa shape index (κ3) is 3.12. The maximum Gasteiger partial charge on any atom is 0.326 e. The average molecular weight is 278 g/mol. The van der Waals surface area contributed by atoms with Crippen LogP contribution in [0.1, 0.15) is 12.1 Å². The van der Waals surface area contributed by atoms with Gasteiger partial charge in [0.2, 0.25) is 5.91 Å². The van der Waals surface area contributed by atoms with Crippen LogP contribution in [0.3, 0.4) is 0 Å². The molecule has 1 amide bonds. The summed E-state index contributed by atoms with van der Waals surface area (Å²) in [5.41, 5.74) is 1.02. The Morgan fingerprint density at radius 1 is 1.35 bits per heavy atom. The van der Waals surface area contributed by atoms with E-state index in [-0.39, 0.29) is 19.4 Å². The van der Waals surface area contributed by atoms with Gasteiger partial charge in [-0.25, -0.2) is 4.79 Å². The van der Waals surface area contributed by atoms with E-state index in [1.807, 2.05) is 0 Å². The summed E-state index contributed by atoms with van der Waals surface area (Å²) in [5, 5.41) is 24.5. The highest BCUT2D eigenvalue weighted by Crippen LogP contribution is 2.18. The molecule has 1 aromatic heterocycles. The van der Waals surface area contributed by atoms with Gasteiger partial charge < -0.3 is 20.1 Å². The molecule has 0 saturated carbocycles. The smallest absolute Gasteiger partial charge is 0.326 e. The highest BCUT2D eigenvalue weighted by Gasteiger charge is 2.20. The van der Waals surface area contributed by atoms with Crippen LogP contribution < -0.4 is 5.32 Å². The van der Waals surface area contributed by atoms with E-state index in [2.05, 4.69) is 10.5 Å². The van der Waals surface area contributed by atoms with E-state index in [1.165, 1.54) is 0 Å². The fourth-order valence-electron chi connectivity index (χ4n) is 1.85. The first-order chi connectivity index (χ1) is 9.61. The van der Waals surface area contributed by atoms with Crippen molar-refractivity contribution in [3.8, 4) is 0 Å². The highest BCUT2D eigenvalue weighted by atomic mass is 16.5. The highest BCUT2D eigenvalue weighted by molar-refractivity contribution is 5.88. The number of hydrogen-bond donors (Lipinski definition) is 3. The summed E-state index contributed by atoms with van der Waals surface area (Å²) in [6, 6.07) is 5.99. The number of amides is 1. The number of carboxylic acids is 1. The van der Waals surface area contributed by atoms with Gasteiger partial charge in [-0.15, -0.1) is 0 Å². The van der Waals surface area contributed by atoms with Crippen molar-refractivity contribution in [3.63, 3.8) is 0 Å². The van der Waals surface area contributed by atoms with Crippen molar-refractivity contribution in [1.29, 1.82) is 0 Å². The van der Waals surface area contributed by atoms with Crippen molar-refractivity contribution >= 4 is 22.8 Å². The van der Waals surface area contributed by atoms with E-state index < -0.39 is 17.9 Å². The van der Waals surface area contributed by atoms with Crippen LogP contribution in [0.4, 0.5) is 0 Å². The quantitative estimate of drug-likeness (QED) is 0.701. The van der Waals surface area contributed by atoms with Crippen molar-refractivity contribution in [1.82, 2.24) is 10.5 Å². The summed E-state index contributed by atoms with van der Waals surface area (Å²) in [7, 11) is 0. The minimum atomic E-state index is -1.18. The third-order valence-corrected chi connectivity index (χ3v) is 2.83. The van der Waals surface area contributed by atoms with E-state index in [4.69, 9.17) is 14.7 Å². The van der Waals surface area contributed by atoms with Gasteiger partial charge in [-0.3, -0.25) is 4.79 Å². The summed E-state index contributed by atoms with van der Waals surface area (Å²) in [6.45, 7) is -0.315. The van der Waals surface area contributed by atoms with Crippen molar-refractivity contribution < 1.29 is 24.3 Å². The van der Waals surface area contributed by atoms with Crippen LogP contribution in [0, 0.1) is 0 Å². The first-order valence-corrected chi connectivity index (χ1v) is 6.08. The van der Waals surface area contributed by atoms with Crippen molar-refractivity contribution in [2.75, 3.05) is 6.61 Å². The number of nitrogens with zero attached hydrogens (tertiary/aromatic N) is 1. The molecule has 0 aliphatic rings. The SMILES string of the molecule is O=C(Cc1noc2ccccc12)N[C@@H](CCO)C(=O)O. The van der Waals surface area contributed by atoms with E-state index >= 15 is 0 Å². The number of benzene rings is 1. The van der Waals surface area contributed by atoms with E-state index in [1.54, 1.807) is 24.3 Å². The van der Waals surface area contributed by atoms with Gasteiger partial charge >= 0.3 is 5.97 Å². The molecule has 0 bridgehead atoms. The maximum absolute atomic E-state index is 11.8. The molecule has 1 aromatic carbocycles. The number of aliphatic hydroxyl groups excluding tert-OH is 1. The molecule has 0 unspecified atom stereocenters. The lowest BCUT2D eigenvalue weighted by atomic mass is 10.1. The van der Waals surface area contributed by atoms with Gasteiger partial charge in [-0.05, 0) is 12.1 Å². The Balaban J connectivity index is 2.06. The van der Waals surface area contributed by atoms with Gasteiger partial charge in [-0.2, -0.15) is 0 Å². The van der Waals surface area contributed by atoms with Gasteiger partial charge in [0.05, 0.1) is 6.42 Å². The summed E-state index contributed by atoms with van der Waals surface area (Å²) >= 11 is 0. The predicted molar refractivity (Wildman–Crippen MR) is 69.0 cm³/mol. The molecule has 0 radical (unpaired) electrons. The Labute approximate surface area is 114 Å². The van der Waals surface area contributed by atoms with Crippen LogP contribution in [0.2, 0.25) is 0 Å². The number of fused-ring (bicyclic) bond motifs is 1. The molecule has 1 heterocycles. The molecular weight excluding hydrogens is 264 g/mol. The van der Waals surface area contributed by atoms with Crippen LogP contribution in [-0.2, 0) is 16.0 Å². The molecule has 0 aliphatic carbocycles. The van der Waals surface area contributed by atoms with Crippen LogP contribution in [-0.4, -0.2) is 39.9 Å². The molecule has 7 heteroatoms. The average Bonchev–Trinajstić information content (AvgIpc) is 2.81. The van der Waals surface area contributed by atoms with Crippen molar-refractivity contribution in [2.45, 2.75) is 18.9 Å². The number of carboxylic acid groups (broad SMARTS) is 1. The van der Waals surface area contributed by atoms with Gasteiger partial charge in [0.25, 0.3) is 0 Å². The Kier molecular flexibility index (Phi) is 4.31. The molecule has 7 nitrogen and oxygen atoms in total. The third-order valence-electron chi connectivity index (χ3n) is 2.83. The maximum atomic E-state index is 11.8. The molecular formula is C13H14N2O5. The Morgan fingerprint density at radius 2 is 2.10 bits per heavy atom. The van der Waals surface area contributed by atoms with Gasteiger partial charge in [-0.1, -0.05) is 17.3 Å². The molecule has 0 fully saturated rings. The lowest BCUT2D eigenvalue weighted by molar-refractivity contribution is -0.142. The van der Waals surface area contributed by atoms with E-state index in [0.29, 0.717) is 11.3 Å². The molecule has 0 saturated heterocycles. The first kappa shape index (κ1) is 14.0. The van der Waals surface area contributed by atoms with Crippen LogP contribution in [0.15, 0.2) is 28.8 Å². The fourth-order valence-corrected chi connectivity index (χ4v) is 1.85. The van der Waals surface area contributed by atoms with Gasteiger partial charge in [0.1, 0.15) is 11.7 Å². The monoisotopic (exact) mass is 278 g/mol. The second kappa shape index (κ2) is 6.16. The number of nitrogens with one attached hydrogen (secondary N) is 1. The molecule has 2 rings (SSSR count). The van der Waals surface area contributed by atoms with E-state index in [0.717, 1.165) is 5.39 Å².